The van der Waals surface area contributed by atoms with Crippen molar-refractivity contribution in [2.24, 2.45) is 0 Å². The smallest absolute Gasteiger partial charge is 0.307 e. The van der Waals surface area contributed by atoms with Gasteiger partial charge in [0.2, 0.25) is 0 Å². The molecule has 1 aliphatic rings. The zero-order valence-corrected chi connectivity index (χ0v) is 18.8. The minimum atomic E-state index is -0.267. The predicted octanol–water partition coefficient (Wildman–Crippen LogP) is 3.78. The van der Waals surface area contributed by atoms with Crippen molar-refractivity contribution >= 4 is 50.2 Å². The number of halogens is 2. The van der Waals surface area contributed by atoms with E-state index in [1.54, 1.807) is 11.0 Å². The fourth-order valence-corrected chi connectivity index (χ4v) is 4.14. The molecule has 0 aliphatic carbocycles. The summed E-state index contributed by atoms with van der Waals surface area (Å²) in [5.74, 6) is 0.581. The summed E-state index contributed by atoms with van der Waals surface area (Å²) in [5.41, 5.74) is 1.67. The van der Waals surface area contributed by atoms with Gasteiger partial charge in [0.15, 0.2) is 0 Å². The highest BCUT2D eigenvalue weighted by Crippen LogP contribution is 2.34. The second-order valence-corrected chi connectivity index (χ2v) is 8.28. The number of anilines is 1. The molecule has 1 fully saturated rings. The maximum atomic E-state index is 11.3. The van der Waals surface area contributed by atoms with Gasteiger partial charge in [-0.15, -0.1) is 0 Å². The average molecular weight is 495 g/mol. The SMILES string of the molecule is COC(=O)CCOC[C@@H]1CCCN1c1cc(-n2cncn2)c2cc(Cl)c(Br)cc2n1. The molecule has 0 N–H and O–H groups in total. The minimum absolute atomic E-state index is 0.187. The van der Waals surface area contributed by atoms with Crippen LogP contribution < -0.4 is 4.90 Å². The van der Waals surface area contributed by atoms with Gasteiger partial charge in [-0.3, -0.25) is 4.79 Å². The molecule has 0 spiro atoms. The Kier molecular flexibility index (Phi) is 6.50. The number of pyridine rings is 1. The largest absolute Gasteiger partial charge is 0.469 e. The maximum absolute atomic E-state index is 11.3. The van der Waals surface area contributed by atoms with Gasteiger partial charge in [0.1, 0.15) is 18.5 Å². The third-order valence-electron chi connectivity index (χ3n) is 5.14. The van der Waals surface area contributed by atoms with E-state index in [-0.39, 0.29) is 18.4 Å². The Morgan fingerprint density at radius 3 is 3.00 bits per heavy atom. The van der Waals surface area contributed by atoms with Crippen LogP contribution in [0.3, 0.4) is 0 Å². The number of methoxy groups -OCH3 is 1. The number of esters is 1. The van der Waals surface area contributed by atoms with Crippen molar-refractivity contribution < 1.29 is 14.3 Å². The van der Waals surface area contributed by atoms with E-state index in [4.69, 9.17) is 21.3 Å². The van der Waals surface area contributed by atoms with Gasteiger partial charge in [0.05, 0.1) is 49.0 Å². The second-order valence-electron chi connectivity index (χ2n) is 7.01. The molecule has 10 heteroatoms. The number of aromatic nitrogens is 4. The summed E-state index contributed by atoms with van der Waals surface area (Å²) in [4.78, 5) is 22.5. The van der Waals surface area contributed by atoms with Crippen LogP contribution in [-0.2, 0) is 14.3 Å². The normalized spacial score (nSPS) is 16.4. The maximum Gasteiger partial charge on any atom is 0.307 e. The van der Waals surface area contributed by atoms with E-state index < -0.39 is 0 Å². The number of fused-ring (bicyclic) bond motifs is 1. The topological polar surface area (TPSA) is 82.4 Å². The molecule has 0 bridgehead atoms. The lowest BCUT2D eigenvalue weighted by atomic mass is 10.1. The Labute approximate surface area is 187 Å². The lowest BCUT2D eigenvalue weighted by Crippen LogP contribution is -2.34. The number of ether oxygens (including phenoxy) is 2. The average Bonchev–Trinajstić information content (AvgIpc) is 3.43. The first-order valence-electron chi connectivity index (χ1n) is 9.63. The first-order chi connectivity index (χ1) is 14.6. The van der Waals surface area contributed by atoms with Crippen molar-refractivity contribution in [3.05, 3.63) is 40.3 Å². The Morgan fingerprint density at radius 2 is 2.23 bits per heavy atom. The van der Waals surface area contributed by atoms with Gasteiger partial charge < -0.3 is 14.4 Å². The van der Waals surface area contributed by atoms with Crippen molar-refractivity contribution in [3.63, 3.8) is 0 Å². The number of hydrogen-bond acceptors (Lipinski definition) is 7. The summed E-state index contributed by atoms with van der Waals surface area (Å²) >= 11 is 9.83. The third-order valence-corrected chi connectivity index (χ3v) is 6.34. The van der Waals surface area contributed by atoms with Crippen LogP contribution in [0, 0.1) is 0 Å². The Morgan fingerprint density at radius 1 is 1.37 bits per heavy atom. The molecule has 158 valence electrons. The number of rotatable bonds is 7. The Bertz CT molecular complexity index is 1050. The fraction of sp³-hybridized carbons (Fsp3) is 0.400. The first kappa shape index (κ1) is 21.0. The molecule has 0 radical (unpaired) electrons. The second kappa shape index (κ2) is 9.28. The molecule has 1 aromatic carbocycles. The van der Waals surface area contributed by atoms with Crippen LogP contribution >= 0.6 is 27.5 Å². The quantitative estimate of drug-likeness (QED) is 0.365. The van der Waals surface area contributed by atoms with E-state index in [2.05, 4.69) is 35.6 Å². The standard InChI is InChI=1S/C20H21BrClN5O3/c1-29-20(28)4-6-30-10-13-3-2-5-26(13)19-9-18(27-12-23-11-24-27)14-7-16(22)15(21)8-17(14)25-19/h7-9,11-13H,2-6,10H2,1H3/t13-/m0/s1. The summed E-state index contributed by atoms with van der Waals surface area (Å²) in [6.07, 6.45) is 5.46. The molecular weight excluding hydrogens is 474 g/mol. The number of carbonyl (C=O) groups excluding carboxylic acids is 1. The molecule has 30 heavy (non-hydrogen) atoms. The minimum Gasteiger partial charge on any atom is -0.469 e. The molecule has 0 amide bonds. The van der Waals surface area contributed by atoms with Crippen LogP contribution in [0.25, 0.3) is 16.6 Å². The predicted molar refractivity (Wildman–Crippen MR) is 117 cm³/mol. The molecule has 0 unspecified atom stereocenters. The molecular formula is C20H21BrClN5O3. The van der Waals surface area contributed by atoms with E-state index in [0.717, 1.165) is 46.3 Å². The van der Waals surface area contributed by atoms with Crippen LogP contribution in [0.4, 0.5) is 5.82 Å². The van der Waals surface area contributed by atoms with Gasteiger partial charge in [-0.25, -0.2) is 14.6 Å². The van der Waals surface area contributed by atoms with Gasteiger partial charge in [-0.1, -0.05) is 11.6 Å². The monoisotopic (exact) mass is 493 g/mol. The molecule has 1 aliphatic heterocycles. The molecule has 1 atom stereocenters. The Hall–Kier alpha value is -2.23. The molecule has 3 heterocycles. The summed E-state index contributed by atoms with van der Waals surface area (Å²) < 4.78 is 12.9. The van der Waals surface area contributed by atoms with Crippen molar-refractivity contribution in [2.75, 3.05) is 31.8 Å². The van der Waals surface area contributed by atoms with Crippen LogP contribution in [0.5, 0.6) is 0 Å². The number of hydrogen-bond donors (Lipinski definition) is 0. The Balaban J connectivity index is 1.63. The molecule has 3 aromatic rings. The molecule has 0 saturated carbocycles. The highest BCUT2D eigenvalue weighted by Gasteiger charge is 2.27. The van der Waals surface area contributed by atoms with Crippen LogP contribution in [-0.4, -0.2) is 58.6 Å². The summed E-state index contributed by atoms with van der Waals surface area (Å²) in [7, 11) is 1.38. The third kappa shape index (κ3) is 4.43. The molecule has 2 aromatic heterocycles. The van der Waals surface area contributed by atoms with Crippen molar-refractivity contribution in [2.45, 2.75) is 25.3 Å². The van der Waals surface area contributed by atoms with Crippen molar-refractivity contribution in [3.8, 4) is 5.69 Å². The zero-order valence-electron chi connectivity index (χ0n) is 16.4. The molecule has 1 saturated heterocycles. The lowest BCUT2D eigenvalue weighted by Gasteiger charge is -2.26. The first-order valence-corrected chi connectivity index (χ1v) is 10.8. The van der Waals surface area contributed by atoms with Crippen molar-refractivity contribution in [1.82, 2.24) is 19.7 Å². The number of benzene rings is 1. The van der Waals surface area contributed by atoms with E-state index in [0.29, 0.717) is 18.2 Å². The van der Waals surface area contributed by atoms with Gasteiger partial charge in [-0.05, 0) is 40.9 Å². The number of nitrogens with zero attached hydrogens (tertiary/aromatic N) is 5. The van der Waals surface area contributed by atoms with Crippen LogP contribution in [0.15, 0.2) is 35.3 Å². The fourth-order valence-electron chi connectivity index (χ4n) is 3.65. The lowest BCUT2D eigenvalue weighted by molar-refractivity contribution is -0.141. The van der Waals surface area contributed by atoms with Crippen LogP contribution in [0.2, 0.25) is 5.02 Å². The summed E-state index contributed by atoms with van der Waals surface area (Å²) in [6.45, 7) is 1.76. The van der Waals surface area contributed by atoms with Gasteiger partial charge in [0, 0.05) is 22.5 Å². The van der Waals surface area contributed by atoms with Crippen LogP contribution in [0.1, 0.15) is 19.3 Å². The van der Waals surface area contributed by atoms with E-state index >= 15 is 0 Å². The highest BCUT2D eigenvalue weighted by atomic mass is 79.9. The highest BCUT2D eigenvalue weighted by molar-refractivity contribution is 9.10. The molecule has 8 nitrogen and oxygen atoms in total. The van der Waals surface area contributed by atoms with E-state index in [9.17, 15) is 4.79 Å². The van der Waals surface area contributed by atoms with Gasteiger partial charge in [-0.2, -0.15) is 5.10 Å². The summed E-state index contributed by atoms with van der Waals surface area (Å²) in [5, 5.41) is 5.80. The van der Waals surface area contributed by atoms with E-state index in [1.807, 2.05) is 18.2 Å². The van der Waals surface area contributed by atoms with Gasteiger partial charge in [0.25, 0.3) is 0 Å². The number of carbonyl (C=O) groups is 1. The summed E-state index contributed by atoms with van der Waals surface area (Å²) in [6, 6.07) is 5.99. The van der Waals surface area contributed by atoms with Gasteiger partial charge >= 0.3 is 5.97 Å². The van der Waals surface area contributed by atoms with E-state index in [1.165, 1.54) is 13.4 Å². The zero-order chi connectivity index (χ0) is 21.1. The molecule has 4 rings (SSSR count). The van der Waals surface area contributed by atoms with Crippen molar-refractivity contribution in [1.29, 1.82) is 0 Å².